The summed E-state index contributed by atoms with van der Waals surface area (Å²) in [5.74, 6) is 0. The normalized spacial score (nSPS) is 11.5. The Balaban J connectivity index is 2.19. The van der Waals surface area contributed by atoms with E-state index in [0.29, 0.717) is 24.5 Å². The molecule has 0 spiro atoms. The molecule has 0 atom stereocenters. The van der Waals surface area contributed by atoms with Gasteiger partial charge in [0.1, 0.15) is 0 Å². The first kappa shape index (κ1) is 15.3. The molecule has 0 amide bonds. The smallest absolute Gasteiger partial charge is 0.240 e. The monoisotopic (exact) mass is 309 g/mol. The van der Waals surface area contributed by atoms with Gasteiger partial charge < -0.3 is 11.1 Å². The summed E-state index contributed by atoms with van der Waals surface area (Å²) in [7, 11) is -1.66. The Labute approximate surface area is 124 Å². The molecule has 1 aromatic heterocycles. The average Bonchev–Trinajstić information content (AvgIpc) is 2.83. The molecule has 1 aromatic carbocycles. The SMILES string of the molecule is CCNS(=O)(=O)c1ccc(N)c(NCc2ccn(C)n2)c1. The second-order valence-electron chi connectivity index (χ2n) is 4.58. The van der Waals surface area contributed by atoms with Crippen LogP contribution in [0.25, 0.3) is 0 Å². The molecular weight excluding hydrogens is 290 g/mol. The lowest BCUT2D eigenvalue weighted by molar-refractivity contribution is 0.584. The Kier molecular flexibility index (Phi) is 4.49. The molecule has 0 aliphatic carbocycles. The van der Waals surface area contributed by atoms with Gasteiger partial charge in [-0.15, -0.1) is 0 Å². The summed E-state index contributed by atoms with van der Waals surface area (Å²) in [6, 6.07) is 6.46. The van der Waals surface area contributed by atoms with Crippen LogP contribution in [0.1, 0.15) is 12.6 Å². The molecule has 0 unspecified atom stereocenters. The lowest BCUT2D eigenvalue weighted by Gasteiger charge is -2.11. The number of nitrogens with two attached hydrogens (primary N) is 1. The first-order chi connectivity index (χ1) is 9.92. The van der Waals surface area contributed by atoms with E-state index in [0.717, 1.165) is 5.69 Å². The number of rotatable bonds is 6. The molecule has 8 heteroatoms. The van der Waals surface area contributed by atoms with Gasteiger partial charge in [0.15, 0.2) is 0 Å². The van der Waals surface area contributed by atoms with Crippen LogP contribution in [0.15, 0.2) is 35.4 Å². The maximum absolute atomic E-state index is 12.0. The van der Waals surface area contributed by atoms with E-state index in [2.05, 4.69) is 15.1 Å². The predicted octanol–water partition coefficient (Wildman–Crippen LogP) is 0.913. The van der Waals surface area contributed by atoms with Crippen LogP contribution in [0, 0.1) is 0 Å². The van der Waals surface area contributed by atoms with Crippen LogP contribution in [-0.4, -0.2) is 24.7 Å². The molecule has 21 heavy (non-hydrogen) atoms. The van der Waals surface area contributed by atoms with Gasteiger partial charge in [-0.3, -0.25) is 4.68 Å². The summed E-state index contributed by atoms with van der Waals surface area (Å²) >= 11 is 0. The van der Waals surface area contributed by atoms with Gasteiger partial charge in [0.05, 0.1) is 28.5 Å². The number of sulfonamides is 1. The van der Waals surface area contributed by atoms with E-state index in [1.54, 1.807) is 17.7 Å². The Morgan fingerprint density at radius 3 is 2.71 bits per heavy atom. The van der Waals surface area contributed by atoms with E-state index in [1.807, 2.05) is 19.3 Å². The van der Waals surface area contributed by atoms with E-state index >= 15 is 0 Å². The Hall–Kier alpha value is -2.06. The molecule has 0 bridgehead atoms. The van der Waals surface area contributed by atoms with Crippen molar-refractivity contribution in [2.24, 2.45) is 7.05 Å². The number of nitrogen functional groups attached to an aromatic ring is 1. The van der Waals surface area contributed by atoms with E-state index in [9.17, 15) is 8.42 Å². The second kappa shape index (κ2) is 6.15. The highest BCUT2D eigenvalue weighted by atomic mass is 32.2. The molecule has 4 N–H and O–H groups in total. The summed E-state index contributed by atoms with van der Waals surface area (Å²) < 4.78 is 28.1. The van der Waals surface area contributed by atoms with E-state index in [-0.39, 0.29) is 4.90 Å². The van der Waals surface area contributed by atoms with Crippen molar-refractivity contribution in [3.05, 3.63) is 36.2 Å². The lowest BCUT2D eigenvalue weighted by Crippen LogP contribution is -2.23. The Bertz CT molecular complexity index is 724. The van der Waals surface area contributed by atoms with Crippen molar-refractivity contribution in [2.45, 2.75) is 18.4 Å². The zero-order valence-electron chi connectivity index (χ0n) is 12.0. The number of benzene rings is 1. The number of hydrogen-bond acceptors (Lipinski definition) is 5. The van der Waals surface area contributed by atoms with Gasteiger partial charge in [-0.05, 0) is 24.3 Å². The van der Waals surface area contributed by atoms with Gasteiger partial charge in [0.25, 0.3) is 0 Å². The Morgan fingerprint density at radius 2 is 2.10 bits per heavy atom. The summed E-state index contributed by atoms with van der Waals surface area (Å²) in [6.45, 7) is 2.54. The molecule has 0 saturated heterocycles. The fourth-order valence-electron chi connectivity index (χ4n) is 1.87. The number of nitrogens with one attached hydrogen (secondary N) is 2. The van der Waals surface area contributed by atoms with Gasteiger partial charge in [0.2, 0.25) is 10.0 Å². The van der Waals surface area contributed by atoms with Crippen molar-refractivity contribution >= 4 is 21.4 Å². The highest BCUT2D eigenvalue weighted by Crippen LogP contribution is 2.23. The van der Waals surface area contributed by atoms with Gasteiger partial charge in [0, 0.05) is 19.8 Å². The molecule has 1 heterocycles. The second-order valence-corrected chi connectivity index (χ2v) is 6.35. The number of aromatic nitrogens is 2. The van der Waals surface area contributed by atoms with Crippen LogP contribution < -0.4 is 15.8 Å². The molecule has 7 nitrogen and oxygen atoms in total. The minimum Gasteiger partial charge on any atom is -0.397 e. The molecular formula is C13H19N5O2S. The third-order valence-corrected chi connectivity index (χ3v) is 4.44. The van der Waals surface area contributed by atoms with Crippen LogP contribution in [-0.2, 0) is 23.6 Å². The van der Waals surface area contributed by atoms with E-state index < -0.39 is 10.0 Å². The lowest BCUT2D eigenvalue weighted by atomic mass is 10.2. The van der Waals surface area contributed by atoms with E-state index in [4.69, 9.17) is 5.73 Å². The fourth-order valence-corrected chi connectivity index (χ4v) is 2.94. The maximum Gasteiger partial charge on any atom is 0.240 e. The van der Waals surface area contributed by atoms with Crippen molar-refractivity contribution in [3.8, 4) is 0 Å². The number of aryl methyl sites for hydroxylation is 1. The zero-order chi connectivity index (χ0) is 15.5. The average molecular weight is 309 g/mol. The highest BCUT2D eigenvalue weighted by molar-refractivity contribution is 7.89. The minimum absolute atomic E-state index is 0.182. The highest BCUT2D eigenvalue weighted by Gasteiger charge is 2.14. The van der Waals surface area contributed by atoms with Crippen LogP contribution in [0.4, 0.5) is 11.4 Å². The molecule has 0 fully saturated rings. The predicted molar refractivity (Wildman–Crippen MR) is 82.3 cm³/mol. The Morgan fingerprint density at radius 1 is 1.33 bits per heavy atom. The third-order valence-electron chi connectivity index (χ3n) is 2.90. The third kappa shape index (κ3) is 3.73. The van der Waals surface area contributed by atoms with E-state index in [1.165, 1.54) is 12.1 Å². The molecule has 2 rings (SSSR count). The molecule has 0 aliphatic heterocycles. The minimum atomic E-state index is -3.49. The van der Waals surface area contributed by atoms with Crippen LogP contribution in [0.5, 0.6) is 0 Å². The maximum atomic E-state index is 12.0. The van der Waals surface area contributed by atoms with Crippen LogP contribution in [0.2, 0.25) is 0 Å². The first-order valence-corrected chi connectivity index (χ1v) is 8.02. The van der Waals surface area contributed by atoms with Gasteiger partial charge in [-0.1, -0.05) is 6.92 Å². The largest absolute Gasteiger partial charge is 0.397 e. The fraction of sp³-hybridized carbons (Fsp3) is 0.308. The molecule has 114 valence electrons. The first-order valence-electron chi connectivity index (χ1n) is 6.54. The number of hydrogen-bond donors (Lipinski definition) is 3. The van der Waals surface area contributed by atoms with Gasteiger partial charge in [-0.25, -0.2) is 13.1 Å². The summed E-state index contributed by atoms with van der Waals surface area (Å²) in [6.07, 6.45) is 1.84. The van der Waals surface area contributed by atoms with Gasteiger partial charge in [-0.2, -0.15) is 5.10 Å². The molecule has 0 aliphatic rings. The van der Waals surface area contributed by atoms with Crippen molar-refractivity contribution in [1.29, 1.82) is 0 Å². The topological polar surface area (TPSA) is 102 Å². The van der Waals surface area contributed by atoms with Crippen molar-refractivity contribution < 1.29 is 8.42 Å². The number of anilines is 2. The van der Waals surface area contributed by atoms with Crippen LogP contribution in [0.3, 0.4) is 0 Å². The summed E-state index contributed by atoms with van der Waals surface area (Å²) in [5.41, 5.74) is 7.77. The summed E-state index contributed by atoms with van der Waals surface area (Å²) in [4.78, 5) is 0.182. The molecule has 0 radical (unpaired) electrons. The zero-order valence-corrected chi connectivity index (χ0v) is 12.8. The standard InChI is InChI=1S/C13H19N5O2S/c1-3-16-21(19,20)11-4-5-12(14)13(8-11)15-9-10-6-7-18(2)17-10/h4-8,15-16H,3,9,14H2,1-2H3. The van der Waals surface area contributed by atoms with Gasteiger partial charge >= 0.3 is 0 Å². The van der Waals surface area contributed by atoms with Crippen LogP contribution >= 0.6 is 0 Å². The quantitative estimate of drug-likeness (QED) is 0.688. The van der Waals surface area contributed by atoms with Crippen molar-refractivity contribution in [3.63, 3.8) is 0 Å². The molecule has 2 aromatic rings. The summed E-state index contributed by atoms with van der Waals surface area (Å²) in [5, 5.41) is 7.34. The number of nitrogens with zero attached hydrogens (tertiary/aromatic N) is 2. The van der Waals surface area contributed by atoms with Crippen molar-refractivity contribution in [2.75, 3.05) is 17.6 Å². The molecule has 0 saturated carbocycles. The van der Waals surface area contributed by atoms with Crippen molar-refractivity contribution in [1.82, 2.24) is 14.5 Å².